The Labute approximate surface area is 253 Å². The number of para-hydroxylation sites is 2. The SMILES string of the molecule is C1=CC2Oc3ccccc3C2C(c2ccc(-c3nc(-c4ccccc4)nc(-c4cccc5oc6ccccc6c45)n3)cc2)=C1. The minimum absolute atomic E-state index is 0.00769. The molecule has 1 aliphatic heterocycles. The molecule has 2 atom stereocenters. The third-order valence-corrected chi connectivity index (χ3v) is 8.54. The Bertz CT molecular complexity index is 2270. The molecule has 1 aliphatic carbocycles. The zero-order valence-electron chi connectivity index (χ0n) is 23.6. The first-order chi connectivity index (χ1) is 21.8. The molecule has 3 heterocycles. The molecule has 0 saturated carbocycles. The summed E-state index contributed by atoms with van der Waals surface area (Å²) in [6, 6.07) is 41.0. The summed E-state index contributed by atoms with van der Waals surface area (Å²) in [5.41, 5.74) is 8.04. The highest BCUT2D eigenvalue weighted by Crippen LogP contribution is 2.48. The van der Waals surface area contributed by atoms with E-state index in [0.29, 0.717) is 17.5 Å². The summed E-state index contributed by atoms with van der Waals surface area (Å²) in [5.74, 6) is 2.99. The first-order valence-corrected chi connectivity index (χ1v) is 14.8. The standard InChI is InChI=1S/C39H25N3O2/c1-2-10-25(11-3-1)37-40-38(42-39(41-37)30-15-9-19-34-36(30)29-13-5-7-17-32(29)44-34)26-22-20-24(21-23-26)27-14-8-18-33-35(27)28-12-4-6-16-31(28)43-33/h1-23,33,35H. The quantitative estimate of drug-likeness (QED) is 0.212. The average Bonchev–Trinajstić information content (AvgIpc) is 3.67. The third kappa shape index (κ3) is 3.97. The largest absolute Gasteiger partial charge is 0.485 e. The maximum absolute atomic E-state index is 6.26. The van der Waals surface area contributed by atoms with Gasteiger partial charge in [-0.15, -0.1) is 0 Å². The van der Waals surface area contributed by atoms with Crippen molar-refractivity contribution in [1.29, 1.82) is 0 Å². The minimum atomic E-state index is 0.00769. The van der Waals surface area contributed by atoms with E-state index in [0.717, 1.165) is 49.9 Å². The number of fused-ring (bicyclic) bond motifs is 6. The summed E-state index contributed by atoms with van der Waals surface area (Å²) < 4.78 is 12.4. The van der Waals surface area contributed by atoms with Gasteiger partial charge in [-0.3, -0.25) is 0 Å². The monoisotopic (exact) mass is 567 g/mol. The molecule has 0 amide bonds. The molecule has 44 heavy (non-hydrogen) atoms. The van der Waals surface area contributed by atoms with Crippen molar-refractivity contribution in [2.24, 2.45) is 0 Å². The Kier molecular flexibility index (Phi) is 5.56. The van der Waals surface area contributed by atoms with Gasteiger partial charge in [0.1, 0.15) is 23.0 Å². The van der Waals surface area contributed by atoms with E-state index in [1.54, 1.807) is 0 Å². The van der Waals surface area contributed by atoms with Crippen LogP contribution in [-0.2, 0) is 0 Å². The first kappa shape index (κ1) is 24.8. The van der Waals surface area contributed by atoms with Gasteiger partial charge in [-0.1, -0.05) is 115 Å². The summed E-state index contributed by atoms with van der Waals surface area (Å²) in [6.45, 7) is 0. The van der Waals surface area contributed by atoms with Gasteiger partial charge in [0.2, 0.25) is 0 Å². The van der Waals surface area contributed by atoms with Crippen molar-refractivity contribution in [3.05, 3.63) is 151 Å². The fourth-order valence-electron chi connectivity index (χ4n) is 6.49. The smallest absolute Gasteiger partial charge is 0.164 e. The van der Waals surface area contributed by atoms with Crippen LogP contribution < -0.4 is 4.74 Å². The molecule has 9 rings (SSSR count). The second-order valence-electron chi connectivity index (χ2n) is 11.1. The zero-order chi connectivity index (χ0) is 29.0. The number of aromatic nitrogens is 3. The van der Waals surface area contributed by atoms with Crippen molar-refractivity contribution in [2.75, 3.05) is 0 Å². The van der Waals surface area contributed by atoms with Crippen LogP contribution in [0.15, 0.2) is 144 Å². The Hall–Kier alpha value is -5.81. The molecule has 208 valence electrons. The molecule has 2 aromatic heterocycles. The van der Waals surface area contributed by atoms with Crippen LogP contribution >= 0.6 is 0 Å². The van der Waals surface area contributed by atoms with Crippen molar-refractivity contribution in [3.8, 4) is 39.9 Å². The highest BCUT2D eigenvalue weighted by Gasteiger charge is 2.36. The number of rotatable bonds is 4. The van der Waals surface area contributed by atoms with E-state index in [2.05, 4.69) is 72.8 Å². The van der Waals surface area contributed by atoms with Gasteiger partial charge >= 0.3 is 0 Å². The number of benzene rings is 5. The molecule has 5 nitrogen and oxygen atoms in total. The maximum Gasteiger partial charge on any atom is 0.164 e. The maximum atomic E-state index is 6.26. The van der Waals surface area contributed by atoms with Crippen molar-refractivity contribution in [1.82, 2.24) is 15.0 Å². The van der Waals surface area contributed by atoms with E-state index in [1.807, 2.05) is 66.7 Å². The second-order valence-corrected chi connectivity index (χ2v) is 11.1. The summed E-state index contributed by atoms with van der Waals surface area (Å²) in [6.07, 6.45) is 6.45. The van der Waals surface area contributed by atoms with Gasteiger partial charge in [0.05, 0.1) is 5.92 Å². The normalized spacial score (nSPS) is 16.9. The van der Waals surface area contributed by atoms with Crippen LogP contribution in [0, 0.1) is 0 Å². The van der Waals surface area contributed by atoms with Crippen LogP contribution in [0.4, 0.5) is 0 Å². The molecule has 0 saturated heterocycles. The zero-order valence-corrected chi connectivity index (χ0v) is 23.6. The van der Waals surface area contributed by atoms with E-state index < -0.39 is 0 Å². The first-order valence-electron chi connectivity index (χ1n) is 14.8. The van der Waals surface area contributed by atoms with Gasteiger partial charge in [0.25, 0.3) is 0 Å². The summed E-state index contributed by atoms with van der Waals surface area (Å²) in [5, 5.41) is 2.04. The fraction of sp³-hybridized carbons (Fsp3) is 0.0513. The third-order valence-electron chi connectivity index (χ3n) is 8.54. The van der Waals surface area contributed by atoms with Crippen molar-refractivity contribution in [2.45, 2.75) is 12.0 Å². The van der Waals surface area contributed by atoms with Gasteiger partial charge in [-0.2, -0.15) is 0 Å². The van der Waals surface area contributed by atoms with Gasteiger partial charge in [-0.25, -0.2) is 15.0 Å². The lowest BCUT2D eigenvalue weighted by molar-refractivity contribution is 0.271. The van der Waals surface area contributed by atoms with Crippen LogP contribution in [0.25, 0.3) is 61.7 Å². The number of nitrogens with zero attached hydrogens (tertiary/aromatic N) is 3. The van der Waals surface area contributed by atoms with Gasteiger partial charge < -0.3 is 9.15 Å². The van der Waals surface area contributed by atoms with E-state index in [-0.39, 0.29) is 12.0 Å². The Balaban J connectivity index is 1.17. The Morgan fingerprint density at radius 2 is 1.23 bits per heavy atom. The van der Waals surface area contributed by atoms with Crippen LogP contribution in [0.5, 0.6) is 5.75 Å². The van der Waals surface area contributed by atoms with Gasteiger partial charge in [0.15, 0.2) is 17.5 Å². The summed E-state index contributed by atoms with van der Waals surface area (Å²) >= 11 is 0. The lowest BCUT2D eigenvalue weighted by atomic mass is 9.81. The average molecular weight is 568 g/mol. The molecule has 0 N–H and O–H groups in total. The highest BCUT2D eigenvalue weighted by atomic mass is 16.5. The number of allylic oxidation sites excluding steroid dienone is 2. The van der Waals surface area contributed by atoms with Crippen LogP contribution in [0.2, 0.25) is 0 Å². The lowest BCUT2D eigenvalue weighted by Crippen LogP contribution is -2.19. The number of hydrogen-bond donors (Lipinski definition) is 0. The molecule has 5 aromatic carbocycles. The molecule has 0 spiro atoms. The molecular formula is C39H25N3O2. The van der Waals surface area contributed by atoms with Crippen LogP contribution in [0.3, 0.4) is 0 Å². The Morgan fingerprint density at radius 3 is 2.09 bits per heavy atom. The number of furan rings is 1. The molecule has 0 fully saturated rings. The molecule has 5 heteroatoms. The fourth-order valence-corrected chi connectivity index (χ4v) is 6.49. The molecule has 2 unspecified atom stereocenters. The predicted molar refractivity (Wildman–Crippen MR) is 174 cm³/mol. The van der Waals surface area contributed by atoms with Gasteiger partial charge in [0, 0.05) is 33.0 Å². The molecule has 0 radical (unpaired) electrons. The van der Waals surface area contributed by atoms with Crippen LogP contribution in [-0.4, -0.2) is 21.1 Å². The number of hydrogen-bond acceptors (Lipinski definition) is 5. The van der Waals surface area contributed by atoms with E-state index in [9.17, 15) is 0 Å². The number of ether oxygens (including phenoxy) is 1. The second kappa shape index (κ2) is 9.89. The molecule has 0 bridgehead atoms. The molecule has 2 aliphatic rings. The van der Waals surface area contributed by atoms with Crippen LogP contribution in [0.1, 0.15) is 17.0 Å². The minimum Gasteiger partial charge on any atom is -0.485 e. The van der Waals surface area contributed by atoms with E-state index >= 15 is 0 Å². The highest BCUT2D eigenvalue weighted by molar-refractivity contribution is 6.11. The van der Waals surface area contributed by atoms with Crippen molar-refractivity contribution in [3.63, 3.8) is 0 Å². The van der Waals surface area contributed by atoms with E-state index in [4.69, 9.17) is 24.1 Å². The topological polar surface area (TPSA) is 61.0 Å². The molecular weight excluding hydrogens is 542 g/mol. The molecule has 7 aromatic rings. The summed E-state index contributed by atoms with van der Waals surface area (Å²) in [4.78, 5) is 15.0. The lowest BCUT2D eigenvalue weighted by Gasteiger charge is -2.23. The van der Waals surface area contributed by atoms with Crippen molar-refractivity contribution >= 4 is 27.5 Å². The van der Waals surface area contributed by atoms with Crippen molar-refractivity contribution < 1.29 is 9.15 Å². The summed E-state index contributed by atoms with van der Waals surface area (Å²) in [7, 11) is 0. The van der Waals surface area contributed by atoms with E-state index in [1.165, 1.54) is 11.1 Å². The van der Waals surface area contributed by atoms with Gasteiger partial charge in [-0.05, 0) is 35.4 Å². The Morgan fingerprint density at radius 1 is 0.545 bits per heavy atom. The predicted octanol–water partition coefficient (Wildman–Crippen LogP) is 9.27.